The van der Waals surface area contributed by atoms with Crippen LogP contribution in [-0.2, 0) is 9.47 Å². The van der Waals surface area contributed by atoms with E-state index in [1.54, 1.807) is 0 Å². The molecular weight excluding hydrogens is 180 g/mol. The van der Waals surface area contributed by atoms with Crippen LogP contribution in [0, 0.1) is 5.92 Å². The van der Waals surface area contributed by atoms with E-state index in [0.29, 0.717) is 25.7 Å². The molecule has 1 aliphatic rings. The van der Waals surface area contributed by atoms with E-state index in [9.17, 15) is 5.11 Å². The first-order valence-corrected chi connectivity index (χ1v) is 5.57. The van der Waals surface area contributed by atoms with Crippen molar-refractivity contribution in [1.29, 1.82) is 0 Å². The van der Waals surface area contributed by atoms with E-state index in [1.807, 2.05) is 0 Å². The summed E-state index contributed by atoms with van der Waals surface area (Å²) < 4.78 is 10.7. The number of aliphatic hydroxyl groups is 1. The number of rotatable bonds is 5. The maximum absolute atomic E-state index is 9.78. The van der Waals surface area contributed by atoms with Gasteiger partial charge in [-0.1, -0.05) is 26.7 Å². The monoisotopic (exact) mass is 202 g/mol. The van der Waals surface area contributed by atoms with Gasteiger partial charge in [0.25, 0.3) is 0 Å². The first-order valence-electron chi connectivity index (χ1n) is 5.57. The van der Waals surface area contributed by atoms with Crippen molar-refractivity contribution in [2.75, 3.05) is 19.8 Å². The largest absolute Gasteiger partial charge is 0.390 e. The first-order chi connectivity index (χ1) is 6.70. The molecule has 3 heteroatoms. The van der Waals surface area contributed by atoms with Gasteiger partial charge in [0.15, 0.2) is 0 Å². The first kappa shape index (κ1) is 12.0. The topological polar surface area (TPSA) is 38.7 Å². The molecule has 1 N–H and O–H groups in total. The van der Waals surface area contributed by atoms with Gasteiger partial charge >= 0.3 is 0 Å². The molecule has 0 aromatic carbocycles. The van der Waals surface area contributed by atoms with Gasteiger partial charge < -0.3 is 14.6 Å². The van der Waals surface area contributed by atoms with Crippen molar-refractivity contribution in [3.63, 3.8) is 0 Å². The van der Waals surface area contributed by atoms with Crippen LogP contribution in [0.1, 0.15) is 33.1 Å². The van der Waals surface area contributed by atoms with Crippen LogP contribution < -0.4 is 0 Å². The summed E-state index contributed by atoms with van der Waals surface area (Å²) in [5.74, 6) is 0.714. The van der Waals surface area contributed by atoms with Crippen LogP contribution >= 0.6 is 0 Å². The van der Waals surface area contributed by atoms with Crippen LogP contribution in [0.5, 0.6) is 0 Å². The average Bonchev–Trinajstić information content (AvgIpc) is 2.18. The van der Waals surface area contributed by atoms with Gasteiger partial charge in [-0.05, 0) is 12.3 Å². The zero-order valence-corrected chi connectivity index (χ0v) is 9.24. The van der Waals surface area contributed by atoms with Gasteiger partial charge in [0.2, 0.25) is 0 Å². The Kier molecular flexibility index (Phi) is 5.45. The third kappa shape index (κ3) is 4.40. The molecule has 0 aliphatic carbocycles. The number of hydrogen-bond donors (Lipinski definition) is 1. The molecule has 0 saturated carbocycles. The molecule has 1 aliphatic heterocycles. The molecular formula is C11H22O3. The van der Waals surface area contributed by atoms with Crippen molar-refractivity contribution >= 4 is 0 Å². The average molecular weight is 202 g/mol. The Bertz CT molecular complexity index is 141. The standard InChI is InChI=1S/C11H22O3/c1-9(2)4-3-5-10(12)11-8-13-6-7-14-11/h9-12H,3-8H2,1-2H3. The van der Waals surface area contributed by atoms with E-state index < -0.39 is 0 Å². The van der Waals surface area contributed by atoms with E-state index in [2.05, 4.69) is 13.8 Å². The summed E-state index contributed by atoms with van der Waals surface area (Å²) >= 11 is 0. The lowest BCUT2D eigenvalue weighted by atomic mass is 10.0. The van der Waals surface area contributed by atoms with E-state index in [-0.39, 0.29) is 12.2 Å². The predicted molar refractivity (Wildman–Crippen MR) is 55.3 cm³/mol. The van der Waals surface area contributed by atoms with Crippen LogP contribution in [0.3, 0.4) is 0 Å². The summed E-state index contributed by atoms with van der Waals surface area (Å²) in [4.78, 5) is 0. The third-order valence-electron chi connectivity index (χ3n) is 2.55. The molecule has 0 amide bonds. The molecule has 0 radical (unpaired) electrons. The minimum Gasteiger partial charge on any atom is -0.390 e. The molecule has 14 heavy (non-hydrogen) atoms. The van der Waals surface area contributed by atoms with E-state index >= 15 is 0 Å². The number of hydrogen-bond acceptors (Lipinski definition) is 3. The molecule has 2 atom stereocenters. The Morgan fingerprint density at radius 3 is 2.64 bits per heavy atom. The Labute approximate surface area is 86.4 Å². The molecule has 0 bridgehead atoms. The highest BCUT2D eigenvalue weighted by molar-refractivity contribution is 4.71. The van der Waals surface area contributed by atoms with Gasteiger partial charge in [0.05, 0.1) is 25.9 Å². The van der Waals surface area contributed by atoms with E-state index in [4.69, 9.17) is 9.47 Å². The van der Waals surface area contributed by atoms with Gasteiger partial charge in [-0.15, -0.1) is 0 Å². The number of ether oxygens (including phenoxy) is 2. The van der Waals surface area contributed by atoms with Crippen LogP contribution in [0.2, 0.25) is 0 Å². The maximum Gasteiger partial charge on any atom is 0.107 e. The second-order valence-electron chi connectivity index (χ2n) is 4.38. The van der Waals surface area contributed by atoms with Gasteiger partial charge in [-0.25, -0.2) is 0 Å². The van der Waals surface area contributed by atoms with Crippen LogP contribution in [-0.4, -0.2) is 37.1 Å². The van der Waals surface area contributed by atoms with Crippen LogP contribution in [0.25, 0.3) is 0 Å². The third-order valence-corrected chi connectivity index (χ3v) is 2.55. The Balaban J connectivity index is 2.10. The van der Waals surface area contributed by atoms with Gasteiger partial charge in [-0.2, -0.15) is 0 Å². The molecule has 0 aromatic rings. The smallest absolute Gasteiger partial charge is 0.107 e. The molecule has 1 rings (SSSR count). The van der Waals surface area contributed by atoms with Gasteiger partial charge in [0, 0.05) is 0 Å². The van der Waals surface area contributed by atoms with Crippen molar-refractivity contribution < 1.29 is 14.6 Å². The van der Waals surface area contributed by atoms with E-state index in [1.165, 1.54) is 6.42 Å². The fourth-order valence-electron chi connectivity index (χ4n) is 1.65. The zero-order chi connectivity index (χ0) is 10.4. The lowest BCUT2D eigenvalue weighted by Crippen LogP contribution is -2.38. The van der Waals surface area contributed by atoms with Crippen molar-refractivity contribution in [2.24, 2.45) is 5.92 Å². The van der Waals surface area contributed by atoms with Crippen molar-refractivity contribution in [2.45, 2.75) is 45.3 Å². The van der Waals surface area contributed by atoms with Gasteiger partial charge in [-0.3, -0.25) is 0 Å². The zero-order valence-electron chi connectivity index (χ0n) is 9.24. The molecule has 2 unspecified atom stereocenters. The van der Waals surface area contributed by atoms with Crippen molar-refractivity contribution in [1.82, 2.24) is 0 Å². The molecule has 0 spiro atoms. The fourth-order valence-corrected chi connectivity index (χ4v) is 1.65. The minimum absolute atomic E-state index is 0.101. The predicted octanol–water partition coefficient (Wildman–Crippen LogP) is 1.59. The van der Waals surface area contributed by atoms with Crippen molar-refractivity contribution in [3.05, 3.63) is 0 Å². The SMILES string of the molecule is CC(C)CCCC(O)C1COCCO1. The molecule has 1 fully saturated rings. The summed E-state index contributed by atoms with van der Waals surface area (Å²) in [6.07, 6.45) is 2.61. The quantitative estimate of drug-likeness (QED) is 0.735. The van der Waals surface area contributed by atoms with E-state index in [0.717, 1.165) is 12.8 Å². The summed E-state index contributed by atoms with van der Waals surface area (Å²) in [5.41, 5.74) is 0. The highest BCUT2D eigenvalue weighted by Crippen LogP contribution is 2.14. The second kappa shape index (κ2) is 6.38. The molecule has 84 valence electrons. The Hall–Kier alpha value is -0.120. The molecule has 1 saturated heterocycles. The fraction of sp³-hybridized carbons (Fsp3) is 1.00. The minimum atomic E-state index is -0.353. The molecule has 0 aromatic heterocycles. The number of aliphatic hydroxyl groups excluding tert-OH is 1. The van der Waals surface area contributed by atoms with Gasteiger partial charge in [0.1, 0.15) is 6.10 Å². The summed E-state index contributed by atoms with van der Waals surface area (Å²) in [6, 6.07) is 0. The molecule has 3 nitrogen and oxygen atoms in total. The van der Waals surface area contributed by atoms with Crippen LogP contribution in [0.4, 0.5) is 0 Å². The Morgan fingerprint density at radius 1 is 1.29 bits per heavy atom. The summed E-state index contributed by atoms with van der Waals surface area (Å²) in [5, 5.41) is 9.78. The Morgan fingerprint density at radius 2 is 2.07 bits per heavy atom. The summed E-state index contributed by atoms with van der Waals surface area (Å²) in [7, 11) is 0. The van der Waals surface area contributed by atoms with Crippen molar-refractivity contribution in [3.8, 4) is 0 Å². The molecule has 1 heterocycles. The second-order valence-corrected chi connectivity index (χ2v) is 4.38. The normalized spacial score (nSPS) is 25.3. The highest BCUT2D eigenvalue weighted by Gasteiger charge is 2.22. The highest BCUT2D eigenvalue weighted by atomic mass is 16.6. The lowest BCUT2D eigenvalue weighted by Gasteiger charge is -2.27. The van der Waals surface area contributed by atoms with Crippen LogP contribution in [0.15, 0.2) is 0 Å². The maximum atomic E-state index is 9.78. The summed E-state index contributed by atoms with van der Waals surface area (Å²) in [6.45, 7) is 6.23. The lowest BCUT2D eigenvalue weighted by molar-refractivity contribution is -0.133.